The van der Waals surface area contributed by atoms with E-state index in [1.165, 1.54) is 17.0 Å². The van der Waals surface area contributed by atoms with Crippen LogP contribution >= 0.6 is 11.6 Å². The first kappa shape index (κ1) is 19.7. The minimum atomic E-state index is -0.439. The minimum absolute atomic E-state index is 0.140. The number of amides is 2. The first-order chi connectivity index (χ1) is 12.5. The Morgan fingerprint density at radius 2 is 1.85 bits per heavy atom. The van der Waals surface area contributed by atoms with E-state index in [1.807, 2.05) is 0 Å². The number of nitrogens with zero attached hydrogens (tertiary/aromatic N) is 1. The van der Waals surface area contributed by atoms with Gasteiger partial charge in [0.15, 0.2) is 11.6 Å². The molecule has 0 radical (unpaired) electrons. The molecule has 2 aromatic rings. The van der Waals surface area contributed by atoms with Crippen LogP contribution in [-0.2, 0) is 4.79 Å². The Labute approximate surface area is 156 Å². The largest absolute Gasteiger partial charge is 0.489 e. The molecule has 2 aromatic carbocycles. The maximum Gasteiger partial charge on any atom is 0.251 e. The molecule has 2 rings (SSSR count). The topological polar surface area (TPSA) is 58.6 Å². The predicted molar refractivity (Wildman–Crippen MR) is 97.9 cm³/mol. The molecular weight excluding hydrogens is 359 g/mol. The second-order valence-electron chi connectivity index (χ2n) is 5.61. The highest BCUT2D eigenvalue weighted by Gasteiger charge is 2.11. The highest BCUT2D eigenvalue weighted by molar-refractivity contribution is 6.30. The zero-order valence-corrected chi connectivity index (χ0v) is 15.1. The summed E-state index contributed by atoms with van der Waals surface area (Å²) in [6.07, 6.45) is 0.162. The van der Waals surface area contributed by atoms with Crippen LogP contribution in [0.25, 0.3) is 0 Å². The lowest BCUT2D eigenvalue weighted by Crippen LogP contribution is -2.34. The van der Waals surface area contributed by atoms with Gasteiger partial charge in [-0.2, -0.15) is 0 Å². The molecule has 0 aliphatic heterocycles. The quantitative estimate of drug-likeness (QED) is 0.767. The molecule has 2 amide bonds. The SMILES string of the molecule is CN(CCOc1ccccc1F)C(=O)CCNC(=O)c1ccc(Cl)cc1. The molecule has 0 bridgehead atoms. The van der Waals surface area contributed by atoms with Crippen molar-refractivity contribution in [2.45, 2.75) is 6.42 Å². The minimum Gasteiger partial charge on any atom is -0.489 e. The van der Waals surface area contributed by atoms with Gasteiger partial charge in [-0.05, 0) is 36.4 Å². The average Bonchev–Trinajstić information content (AvgIpc) is 2.63. The molecule has 0 aromatic heterocycles. The van der Waals surface area contributed by atoms with Crippen LogP contribution in [0.3, 0.4) is 0 Å². The van der Waals surface area contributed by atoms with Crippen LogP contribution in [-0.4, -0.2) is 43.5 Å². The van der Waals surface area contributed by atoms with Gasteiger partial charge in [0.1, 0.15) is 6.61 Å². The molecule has 0 saturated heterocycles. The van der Waals surface area contributed by atoms with Gasteiger partial charge >= 0.3 is 0 Å². The number of likely N-dealkylation sites (N-methyl/N-ethyl adjacent to an activating group) is 1. The van der Waals surface area contributed by atoms with Crippen LogP contribution in [0.4, 0.5) is 4.39 Å². The Kier molecular flexibility index (Phi) is 7.41. The lowest BCUT2D eigenvalue weighted by molar-refractivity contribution is -0.130. The van der Waals surface area contributed by atoms with Gasteiger partial charge in [0.2, 0.25) is 5.91 Å². The summed E-state index contributed by atoms with van der Waals surface area (Å²) in [4.78, 5) is 25.5. The lowest BCUT2D eigenvalue weighted by Gasteiger charge is -2.17. The van der Waals surface area contributed by atoms with E-state index in [-0.39, 0.29) is 37.1 Å². The van der Waals surface area contributed by atoms with Crippen molar-refractivity contribution in [3.63, 3.8) is 0 Å². The van der Waals surface area contributed by atoms with Crippen molar-refractivity contribution in [1.82, 2.24) is 10.2 Å². The number of carbonyl (C=O) groups is 2. The predicted octanol–water partition coefficient (Wildman–Crippen LogP) is 3.14. The summed E-state index contributed by atoms with van der Waals surface area (Å²) < 4.78 is 18.7. The van der Waals surface area contributed by atoms with E-state index in [4.69, 9.17) is 16.3 Å². The number of ether oxygens (including phenoxy) is 1. The van der Waals surface area contributed by atoms with Gasteiger partial charge in [0.05, 0.1) is 6.54 Å². The molecule has 138 valence electrons. The molecule has 0 saturated carbocycles. The fraction of sp³-hybridized carbons (Fsp3) is 0.263. The number of nitrogens with one attached hydrogen (secondary N) is 1. The highest BCUT2D eigenvalue weighted by atomic mass is 35.5. The molecule has 0 aliphatic carbocycles. The number of para-hydroxylation sites is 1. The van der Waals surface area contributed by atoms with Crippen molar-refractivity contribution >= 4 is 23.4 Å². The average molecular weight is 379 g/mol. The monoisotopic (exact) mass is 378 g/mol. The van der Waals surface area contributed by atoms with E-state index in [9.17, 15) is 14.0 Å². The molecule has 0 unspecified atom stereocenters. The highest BCUT2D eigenvalue weighted by Crippen LogP contribution is 2.15. The van der Waals surface area contributed by atoms with Gasteiger partial charge in [0.25, 0.3) is 5.91 Å². The van der Waals surface area contributed by atoms with Gasteiger partial charge in [0, 0.05) is 30.6 Å². The summed E-state index contributed by atoms with van der Waals surface area (Å²) in [6.45, 7) is 0.720. The molecule has 26 heavy (non-hydrogen) atoms. The van der Waals surface area contributed by atoms with Gasteiger partial charge in [-0.25, -0.2) is 4.39 Å². The molecule has 0 fully saturated rings. The number of carbonyl (C=O) groups excluding carboxylic acids is 2. The molecule has 1 N–H and O–H groups in total. The Morgan fingerprint density at radius 1 is 1.15 bits per heavy atom. The summed E-state index contributed by atoms with van der Waals surface area (Å²) in [5.74, 6) is -0.687. The summed E-state index contributed by atoms with van der Waals surface area (Å²) in [6, 6.07) is 12.6. The number of benzene rings is 2. The lowest BCUT2D eigenvalue weighted by atomic mass is 10.2. The normalized spacial score (nSPS) is 10.3. The zero-order chi connectivity index (χ0) is 18.9. The van der Waals surface area contributed by atoms with E-state index >= 15 is 0 Å². The van der Waals surface area contributed by atoms with Gasteiger partial charge in [-0.1, -0.05) is 23.7 Å². The molecule has 5 nitrogen and oxygen atoms in total. The summed E-state index contributed by atoms with van der Waals surface area (Å²) in [5.41, 5.74) is 0.480. The Balaban J connectivity index is 1.67. The third-order valence-electron chi connectivity index (χ3n) is 3.68. The maximum absolute atomic E-state index is 13.4. The van der Waals surface area contributed by atoms with E-state index < -0.39 is 5.82 Å². The Morgan fingerprint density at radius 3 is 2.54 bits per heavy atom. The van der Waals surface area contributed by atoms with Crippen molar-refractivity contribution in [2.75, 3.05) is 26.7 Å². The van der Waals surface area contributed by atoms with Crippen molar-refractivity contribution in [2.24, 2.45) is 0 Å². The first-order valence-electron chi connectivity index (χ1n) is 8.12. The van der Waals surface area contributed by atoms with Crippen molar-refractivity contribution in [1.29, 1.82) is 0 Å². The molecule has 0 heterocycles. The van der Waals surface area contributed by atoms with Crippen LogP contribution in [0.15, 0.2) is 48.5 Å². The third-order valence-corrected chi connectivity index (χ3v) is 3.93. The van der Waals surface area contributed by atoms with Crippen molar-refractivity contribution < 1.29 is 18.7 Å². The smallest absolute Gasteiger partial charge is 0.251 e. The van der Waals surface area contributed by atoms with Gasteiger partial charge < -0.3 is 15.0 Å². The summed E-state index contributed by atoms with van der Waals surface area (Å²) in [5, 5.41) is 3.24. The van der Waals surface area contributed by atoms with Crippen LogP contribution in [0, 0.1) is 5.82 Å². The number of halogens is 2. The third kappa shape index (κ3) is 6.04. The second kappa shape index (κ2) is 9.77. The van der Waals surface area contributed by atoms with E-state index in [0.29, 0.717) is 17.1 Å². The fourth-order valence-corrected chi connectivity index (χ4v) is 2.28. The van der Waals surface area contributed by atoms with Gasteiger partial charge in [-0.3, -0.25) is 9.59 Å². The Bertz CT molecular complexity index is 753. The van der Waals surface area contributed by atoms with Crippen LogP contribution in [0.5, 0.6) is 5.75 Å². The first-order valence-corrected chi connectivity index (χ1v) is 8.50. The van der Waals surface area contributed by atoms with Crippen LogP contribution in [0.1, 0.15) is 16.8 Å². The van der Waals surface area contributed by atoms with Crippen molar-refractivity contribution in [3.05, 3.63) is 64.9 Å². The number of hydrogen-bond donors (Lipinski definition) is 1. The molecule has 0 aliphatic rings. The van der Waals surface area contributed by atoms with E-state index in [2.05, 4.69) is 5.32 Å². The van der Waals surface area contributed by atoms with E-state index in [0.717, 1.165) is 0 Å². The van der Waals surface area contributed by atoms with Gasteiger partial charge in [-0.15, -0.1) is 0 Å². The number of hydrogen-bond acceptors (Lipinski definition) is 3. The molecule has 7 heteroatoms. The van der Waals surface area contributed by atoms with Crippen molar-refractivity contribution in [3.8, 4) is 5.75 Å². The molecular formula is C19H20ClFN2O3. The standard InChI is InChI=1S/C19H20ClFN2O3/c1-23(12-13-26-17-5-3-2-4-16(17)21)18(24)10-11-22-19(25)14-6-8-15(20)9-7-14/h2-9H,10-13H2,1H3,(H,22,25). The second-order valence-corrected chi connectivity index (χ2v) is 6.04. The van der Waals surface area contributed by atoms with E-state index in [1.54, 1.807) is 43.4 Å². The summed E-state index contributed by atoms with van der Waals surface area (Å²) >= 11 is 5.77. The maximum atomic E-state index is 13.4. The molecule has 0 atom stereocenters. The number of rotatable bonds is 8. The van der Waals surface area contributed by atoms with Crippen LogP contribution < -0.4 is 10.1 Å². The molecule has 0 spiro atoms. The summed E-state index contributed by atoms with van der Waals surface area (Å²) in [7, 11) is 1.63. The fourth-order valence-electron chi connectivity index (χ4n) is 2.16. The zero-order valence-electron chi connectivity index (χ0n) is 14.4. The van der Waals surface area contributed by atoms with Crippen LogP contribution in [0.2, 0.25) is 5.02 Å². The Hall–Kier alpha value is -2.60.